The van der Waals surface area contributed by atoms with Crippen LogP contribution in [0.1, 0.15) is 37.3 Å². The molecule has 0 aliphatic heterocycles. The molecule has 0 heterocycles. The van der Waals surface area contributed by atoms with Crippen molar-refractivity contribution in [3.05, 3.63) is 71.8 Å². The van der Waals surface area contributed by atoms with Crippen LogP contribution in [0.25, 0.3) is 0 Å². The lowest BCUT2D eigenvalue weighted by Crippen LogP contribution is -2.36. The van der Waals surface area contributed by atoms with Gasteiger partial charge in [0, 0.05) is 5.92 Å². The second-order valence-corrected chi connectivity index (χ2v) is 5.63. The summed E-state index contributed by atoms with van der Waals surface area (Å²) in [5, 5.41) is 20.4. The highest BCUT2D eigenvalue weighted by Crippen LogP contribution is 2.38. The van der Waals surface area contributed by atoms with E-state index in [1.807, 2.05) is 74.5 Å². The molecule has 2 rings (SSSR count). The van der Waals surface area contributed by atoms with E-state index in [0.717, 1.165) is 11.1 Å². The summed E-state index contributed by atoms with van der Waals surface area (Å²) in [6.07, 6.45) is -0.141. The molecule has 2 atom stereocenters. The van der Waals surface area contributed by atoms with Crippen molar-refractivity contribution in [2.45, 2.75) is 32.3 Å². The van der Waals surface area contributed by atoms with Gasteiger partial charge < -0.3 is 5.11 Å². The molecule has 2 heteroatoms. The van der Waals surface area contributed by atoms with E-state index >= 15 is 0 Å². The van der Waals surface area contributed by atoms with Gasteiger partial charge in [0.2, 0.25) is 0 Å². The molecule has 2 aromatic carbocycles. The Hall–Kier alpha value is -2.11. The van der Waals surface area contributed by atoms with Crippen LogP contribution in [-0.4, -0.2) is 11.2 Å². The fourth-order valence-corrected chi connectivity index (χ4v) is 2.60. The van der Waals surface area contributed by atoms with Crippen LogP contribution in [-0.2, 0) is 0 Å². The molecule has 2 aromatic rings. The SMILES string of the molecule is CCC(C)(C#N)C(O)C(c1ccccc1)c1ccccc1. The number of aliphatic hydroxyl groups is 1. The van der Waals surface area contributed by atoms with E-state index in [0.29, 0.717) is 6.42 Å². The van der Waals surface area contributed by atoms with Gasteiger partial charge in [-0.05, 0) is 24.5 Å². The molecule has 0 aromatic heterocycles. The van der Waals surface area contributed by atoms with Crippen molar-refractivity contribution in [2.75, 3.05) is 0 Å². The van der Waals surface area contributed by atoms with E-state index in [-0.39, 0.29) is 5.92 Å². The molecule has 2 unspecified atom stereocenters. The van der Waals surface area contributed by atoms with Gasteiger partial charge in [0.05, 0.1) is 17.6 Å². The van der Waals surface area contributed by atoms with Crippen LogP contribution in [0.3, 0.4) is 0 Å². The van der Waals surface area contributed by atoms with E-state index < -0.39 is 11.5 Å². The van der Waals surface area contributed by atoms with Crippen molar-refractivity contribution in [1.29, 1.82) is 5.26 Å². The second kappa shape index (κ2) is 6.56. The van der Waals surface area contributed by atoms with Gasteiger partial charge in [-0.1, -0.05) is 67.6 Å². The highest BCUT2D eigenvalue weighted by Gasteiger charge is 2.38. The standard InChI is InChI=1S/C19H21NO/c1-3-19(2,14-20)18(21)17(15-10-6-4-7-11-15)16-12-8-5-9-13-16/h4-13,17-18,21H,3H2,1-2H3. The molecule has 2 nitrogen and oxygen atoms in total. The molecule has 0 aliphatic carbocycles. The van der Waals surface area contributed by atoms with Crippen LogP contribution < -0.4 is 0 Å². The third kappa shape index (κ3) is 3.15. The topological polar surface area (TPSA) is 44.0 Å². The smallest absolute Gasteiger partial charge is 0.0832 e. The van der Waals surface area contributed by atoms with Gasteiger partial charge in [-0.15, -0.1) is 0 Å². The van der Waals surface area contributed by atoms with Gasteiger partial charge in [-0.2, -0.15) is 5.26 Å². The minimum absolute atomic E-state index is 0.197. The zero-order chi connectivity index (χ0) is 15.3. The molecule has 0 radical (unpaired) electrons. The lowest BCUT2D eigenvalue weighted by Gasteiger charge is -2.33. The first-order valence-corrected chi connectivity index (χ1v) is 7.31. The summed E-state index contributed by atoms with van der Waals surface area (Å²) < 4.78 is 0. The maximum absolute atomic E-state index is 10.9. The quantitative estimate of drug-likeness (QED) is 0.894. The van der Waals surface area contributed by atoms with Gasteiger partial charge in [-0.3, -0.25) is 0 Å². The molecule has 0 bridgehead atoms. The van der Waals surface area contributed by atoms with Crippen molar-refractivity contribution >= 4 is 0 Å². The normalized spacial score (nSPS) is 15.2. The maximum atomic E-state index is 10.9. The predicted octanol–water partition coefficient (Wildman–Crippen LogP) is 4.12. The van der Waals surface area contributed by atoms with Crippen molar-refractivity contribution in [3.63, 3.8) is 0 Å². The molecule has 0 aliphatic rings. The third-order valence-corrected chi connectivity index (χ3v) is 4.28. The van der Waals surface area contributed by atoms with E-state index in [1.54, 1.807) is 0 Å². The van der Waals surface area contributed by atoms with Crippen molar-refractivity contribution in [1.82, 2.24) is 0 Å². The van der Waals surface area contributed by atoms with Crippen LogP contribution in [0, 0.1) is 16.7 Å². The average molecular weight is 279 g/mol. The van der Waals surface area contributed by atoms with E-state index in [1.165, 1.54) is 0 Å². The van der Waals surface area contributed by atoms with Crippen LogP contribution >= 0.6 is 0 Å². The number of rotatable bonds is 5. The first kappa shape index (κ1) is 15.3. The van der Waals surface area contributed by atoms with Gasteiger partial charge in [0.25, 0.3) is 0 Å². The molecule has 21 heavy (non-hydrogen) atoms. The van der Waals surface area contributed by atoms with Crippen molar-refractivity contribution in [2.24, 2.45) is 5.41 Å². The Morgan fingerprint density at radius 2 is 1.43 bits per heavy atom. The van der Waals surface area contributed by atoms with Crippen LogP contribution in [0.5, 0.6) is 0 Å². The number of hydrogen-bond acceptors (Lipinski definition) is 2. The number of nitrogens with zero attached hydrogens (tertiary/aromatic N) is 1. The molecule has 1 N–H and O–H groups in total. The van der Waals surface area contributed by atoms with E-state index in [9.17, 15) is 10.4 Å². The monoisotopic (exact) mass is 279 g/mol. The molecule has 0 fully saturated rings. The molecule has 0 amide bonds. The van der Waals surface area contributed by atoms with E-state index in [4.69, 9.17) is 0 Å². The minimum atomic E-state index is -0.768. The summed E-state index contributed by atoms with van der Waals surface area (Å²) in [4.78, 5) is 0. The summed E-state index contributed by atoms with van der Waals surface area (Å²) in [5.41, 5.74) is 1.30. The molecule has 0 saturated carbocycles. The Morgan fingerprint density at radius 1 is 1.00 bits per heavy atom. The summed E-state index contributed by atoms with van der Waals surface area (Å²) >= 11 is 0. The Kier molecular flexibility index (Phi) is 4.77. The first-order chi connectivity index (χ1) is 10.1. The van der Waals surface area contributed by atoms with Gasteiger partial charge in [0.1, 0.15) is 0 Å². The van der Waals surface area contributed by atoms with Crippen LogP contribution in [0.2, 0.25) is 0 Å². The fraction of sp³-hybridized carbons (Fsp3) is 0.316. The largest absolute Gasteiger partial charge is 0.390 e. The fourth-order valence-electron chi connectivity index (χ4n) is 2.60. The first-order valence-electron chi connectivity index (χ1n) is 7.31. The molecular formula is C19H21NO. The maximum Gasteiger partial charge on any atom is 0.0832 e. The minimum Gasteiger partial charge on any atom is -0.390 e. The summed E-state index contributed by atoms with van der Waals surface area (Å²) in [6.45, 7) is 3.77. The number of benzene rings is 2. The van der Waals surface area contributed by atoms with Gasteiger partial charge in [0.15, 0.2) is 0 Å². The number of hydrogen-bond donors (Lipinski definition) is 1. The lowest BCUT2D eigenvalue weighted by molar-refractivity contribution is 0.0580. The Morgan fingerprint density at radius 3 is 1.76 bits per heavy atom. The summed E-state index contributed by atoms with van der Waals surface area (Å²) in [6, 6.07) is 22.1. The summed E-state index contributed by atoms with van der Waals surface area (Å²) in [7, 11) is 0. The van der Waals surface area contributed by atoms with Crippen molar-refractivity contribution in [3.8, 4) is 6.07 Å². The van der Waals surface area contributed by atoms with Crippen molar-refractivity contribution < 1.29 is 5.11 Å². The second-order valence-electron chi connectivity index (χ2n) is 5.63. The zero-order valence-corrected chi connectivity index (χ0v) is 12.5. The predicted molar refractivity (Wildman–Crippen MR) is 84.7 cm³/mol. The Balaban J connectivity index is 2.50. The van der Waals surface area contributed by atoms with Crippen LogP contribution in [0.15, 0.2) is 60.7 Å². The Labute approximate surface area is 126 Å². The number of nitriles is 1. The summed E-state index contributed by atoms with van der Waals surface area (Å²) in [5.74, 6) is -0.197. The highest BCUT2D eigenvalue weighted by atomic mass is 16.3. The van der Waals surface area contributed by atoms with Gasteiger partial charge >= 0.3 is 0 Å². The lowest BCUT2D eigenvalue weighted by atomic mass is 9.72. The zero-order valence-electron chi connectivity index (χ0n) is 12.5. The number of aliphatic hydroxyl groups excluding tert-OH is 1. The molecular weight excluding hydrogens is 258 g/mol. The van der Waals surface area contributed by atoms with E-state index in [2.05, 4.69) is 6.07 Å². The highest BCUT2D eigenvalue weighted by molar-refractivity contribution is 5.35. The average Bonchev–Trinajstić information content (AvgIpc) is 2.56. The Bertz CT molecular complexity index is 563. The van der Waals surface area contributed by atoms with Crippen LogP contribution in [0.4, 0.5) is 0 Å². The molecule has 0 saturated heterocycles. The molecule has 0 spiro atoms. The van der Waals surface area contributed by atoms with Gasteiger partial charge in [-0.25, -0.2) is 0 Å². The third-order valence-electron chi connectivity index (χ3n) is 4.28. The molecule has 108 valence electrons.